The molecule has 0 amide bonds. The summed E-state index contributed by atoms with van der Waals surface area (Å²) < 4.78 is 20.5. The van der Waals surface area contributed by atoms with Gasteiger partial charge >= 0.3 is 6.16 Å². The first-order valence-electron chi connectivity index (χ1n) is 8.80. The van der Waals surface area contributed by atoms with E-state index in [2.05, 4.69) is 10.1 Å². The van der Waals surface area contributed by atoms with Crippen molar-refractivity contribution in [3.8, 4) is 11.5 Å². The highest BCUT2D eigenvalue weighted by atomic mass is 32.2. The van der Waals surface area contributed by atoms with Crippen LogP contribution in [0.1, 0.15) is 23.6 Å². The van der Waals surface area contributed by atoms with Gasteiger partial charge < -0.3 is 24.3 Å². The Hall–Kier alpha value is -2.80. The lowest BCUT2D eigenvalue weighted by atomic mass is 9.98. The van der Waals surface area contributed by atoms with Gasteiger partial charge in [0.2, 0.25) is 0 Å². The van der Waals surface area contributed by atoms with Gasteiger partial charge in [-0.3, -0.25) is 0 Å². The van der Waals surface area contributed by atoms with Crippen LogP contribution in [-0.4, -0.2) is 33.2 Å². The van der Waals surface area contributed by atoms with E-state index < -0.39 is 6.16 Å². The van der Waals surface area contributed by atoms with Gasteiger partial charge in [0.1, 0.15) is 11.5 Å². The van der Waals surface area contributed by atoms with E-state index in [1.807, 2.05) is 48.5 Å². The Labute approximate surface area is 168 Å². The molecule has 2 aromatic carbocycles. The number of carbonyl (C=O) groups is 1. The van der Waals surface area contributed by atoms with E-state index in [0.29, 0.717) is 5.09 Å². The largest absolute Gasteiger partial charge is 0.514 e. The molecule has 1 aliphatic heterocycles. The van der Waals surface area contributed by atoms with Gasteiger partial charge in [0.05, 0.1) is 33.1 Å². The predicted octanol–water partition coefficient (Wildman–Crippen LogP) is 4.47. The lowest BCUT2D eigenvalue weighted by Gasteiger charge is -2.22. The number of methoxy groups -OCH3 is 3. The van der Waals surface area contributed by atoms with Gasteiger partial charge in [0.25, 0.3) is 0 Å². The summed E-state index contributed by atoms with van der Waals surface area (Å²) in [6.07, 6.45) is 0.0638. The van der Waals surface area contributed by atoms with Gasteiger partial charge in [-0.2, -0.15) is 0 Å². The fraction of sp³-hybridized carbons (Fsp3) is 0.286. The summed E-state index contributed by atoms with van der Waals surface area (Å²) in [4.78, 5) is 11.5. The minimum atomic E-state index is -0.714. The minimum Gasteiger partial charge on any atom is -0.497 e. The first-order chi connectivity index (χ1) is 13.6. The Bertz CT molecular complexity index is 785. The Balaban J connectivity index is 1.92. The fourth-order valence-electron chi connectivity index (χ4n) is 2.90. The van der Waals surface area contributed by atoms with Crippen molar-refractivity contribution in [2.75, 3.05) is 27.1 Å². The molecule has 148 valence electrons. The molecule has 0 atom stereocenters. The van der Waals surface area contributed by atoms with Crippen LogP contribution in [0.15, 0.2) is 59.3 Å². The summed E-state index contributed by atoms with van der Waals surface area (Å²) >= 11 is 1.49. The van der Waals surface area contributed by atoms with Crippen molar-refractivity contribution in [3.63, 3.8) is 0 Å². The molecule has 28 heavy (non-hydrogen) atoms. The molecule has 1 heterocycles. The van der Waals surface area contributed by atoms with Crippen molar-refractivity contribution >= 4 is 17.9 Å². The molecule has 7 heteroatoms. The molecule has 0 bridgehead atoms. The molecule has 6 nitrogen and oxygen atoms in total. The highest BCUT2D eigenvalue weighted by Crippen LogP contribution is 2.34. The average molecular weight is 401 g/mol. The first-order valence-corrected chi connectivity index (χ1v) is 9.79. The number of hydrogen-bond donors (Lipinski definition) is 1. The number of rotatable bonds is 7. The second-order valence-electron chi connectivity index (χ2n) is 6.04. The number of allylic oxidation sites excluding steroid dienone is 1. The normalized spacial score (nSPS) is 13.4. The monoisotopic (exact) mass is 401 g/mol. The van der Waals surface area contributed by atoms with E-state index in [1.54, 1.807) is 14.2 Å². The Morgan fingerprint density at radius 3 is 1.93 bits per heavy atom. The molecule has 0 saturated heterocycles. The second kappa shape index (κ2) is 9.41. The van der Waals surface area contributed by atoms with Gasteiger partial charge in [-0.15, -0.1) is 0 Å². The number of hydrogen-bond acceptors (Lipinski definition) is 7. The lowest BCUT2D eigenvalue weighted by Crippen LogP contribution is -2.22. The van der Waals surface area contributed by atoms with Crippen molar-refractivity contribution in [2.24, 2.45) is 0 Å². The Morgan fingerprint density at radius 2 is 1.46 bits per heavy atom. The van der Waals surface area contributed by atoms with Crippen LogP contribution in [0, 0.1) is 0 Å². The summed E-state index contributed by atoms with van der Waals surface area (Å²) in [6, 6.07) is 15.7. The molecule has 0 aromatic heterocycles. The summed E-state index contributed by atoms with van der Waals surface area (Å²) in [6.45, 7) is 0. The molecule has 0 fully saturated rings. The standard InChI is InChI=1S/C21H23NO5S/c1-24-16-8-4-14(5-9-16)19(15-6-10-17(25-2)11-7-15)22-18-12-13-28-20(18)27-21(23)26-3/h4-11,19,22H,12-13H2,1-3H3. The van der Waals surface area contributed by atoms with E-state index in [0.717, 1.165) is 40.5 Å². The third-order valence-electron chi connectivity index (χ3n) is 4.39. The maximum absolute atomic E-state index is 11.5. The van der Waals surface area contributed by atoms with E-state index in [1.165, 1.54) is 18.9 Å². The zero-order chi connectivity index (χ0) is 19.9. The van der Waals surface area contributed by atoms with Gasteiger partial charge in [-0.1, -0.05) is 36.0 Å². The molecule has 1 aliphatic rings. The second-order valence-corrected chi connectivity index (χ2v) is 7.11. The van der Waals surface area contributed by atoms with E-state index in [9.17, 15) is 4.79 Å². The maximum Gasteiger partial charge on any atom is 0.514 e. The zero-order valence-electron chi connectivity index (χ0n) is 16.1. The Morgan fingerprint density at radius 1 is 0.929 bits per heavy atom. The molecule has 0 saturated carbocycles. The van der Waals surface area contributed by atoms with Crippen LogP contribution >= 0.6 is 11.8 Å². The van der Waals surface area contributed by atoms with Crippen molar-refractivity contribution in [2.45, 2.75) is 12.5 Å². The number of nitrogens with one attached hydrogen (secondary N) is 1. The van der Waals surface area contributed by atoms with Crippen LogP contribution in [0.3, 0.4) is 0 Å². The van der Waals surface area contributed by atoms with Crippen LogP contribution < -0.4 is 14.8 Å². The molecule has 3 rings (SSSR count). The summed E-state index contributed by atoms with van der Waals surface area (Å²) in [5.74, 6) is 2.43. The highest BCUT2D eigenvalue weighted by molar-refractivity contribution is 8.03. The van der Waals surface area contributed by atoms with E-state index in [4.69, 9.17) is 14.2 Å². The van der Waals surface area contributed by atoms with Crippen LogP contribution in [0.25, 0.3) is 0 Å². The molecular weight excluding hydrogens is 378 g/mol. The maximum atomic E-state index is 11.5. The summed E-state index contributed by atoms with van der Waals surface area (Å²) in [5, 5.41) is 4.10. The molecule has 1 N–H and O–H groups in total. The van der Waals surface area contributed by atoms with Crippen LogP contribution in [0.4, 0.5) is 4.79 Å². The van der Waals surface area contributed by atoms with Crippen LogP contribution in [0.2, 0.25) is 0 Å². The van der Waals surface area contributed by atoms with Gasteiger partial charge in [0.15, 0.2) is 5.09 Å². The van der Waals surface area contributed by atoms with Gasteiger partial charge in [-0.05, 0) is 35.4 Å². The average Bonchev–Trinajstić information content (AvgIpc) is 3.18. The minimum absolute atomic E-state index is 0.123. The topological polar surface area (TPSA) is 66.0 Å². The molecule has 0 spiro atoms. The van der Waals surface area contributed by atoms with Gasteiger partial charge in [0, 0.05) is 12.2 Å². The lowest BCUT2D eigenvalue weighted by molar-refractivity contribution is 0.102. The first kappa shape index (κ1) is 19.9. The Kier molecular flexibility index (Phi) is 6.71. The fourth-order valence-corrected chi connectivity index (χ4v) is 3.85. The van der Waals surface area contributed by atoms with Crippen molar-refractivity contribution in [1.82, 2.24) is 5.32 Å². The van der Waals surface area contributed by atoms with Gasteiger partial charge in [-0.25, -0.2) is 4.79 Å². The molecule has 0 radical (unpaired) electrons. The number of ether oxygens (including phenoxy) is 4. The smallest absolute Gasteiger partial charge is 0.497 e. The summed E-state index contributed by atoms with van der Waals surface area (Å²) in [7, 11) is 4.59. The van der Waals surface area contributed by atoms with Crippen molar-refractivity contribution in [1.29, 1.82) is 0 Å². The van der Waals surface area contributed by atoms with E-state index >= 15 is 0 Å². The number of benzene rings is 2. The predicted molar refractivity (Wildman–Crippen MR) is 109 cm³/mol. The van der Waals surface area contributed by atoms with E-state index in [-0.39, 0.29) is 6.04 Å². The van der Waals surface area contributed by atoms with Crippen molar-refractivity contribution < 1.29 is 23.7 Å². The van der Waals surface area contributed by atoms with Crippen LogP contribution in [-0.2, 0) is 9.47 Å². The molecule has 0 unspecified atom stereocenters. The third kappa shape index (κ3) is 4.72. The quantitative estimate of drug-likeness (QED) is 0.687. The number of thioether (sulfide) groups is 1. The third-order valence-corrected chi connectivity index (χ3v) is 5.39. The SMILES string of the molecule is COC(=O)OC1=C(NC(c2ccc(OC)cc2)c2ccc(OC)cc2)CCS1. The van der Waals surface area contributed by atoms with Crippen LogP contribution in [0.5, 0.6) is 11.5 Å². The summed E-state index contributed by atoms with van der Waals surface area (Å²) in [5.41, 5.74) is 3.01. The molecular formula is C21H23NO5S. The number of carbonyl (C=O) groups excluding carboxylic acids is 1. The highest BCUT2D eigenvalue weighted by Gasteiger charge is 2.24. The molecule has 2 aromatic rings. The van der Waals surface area contributed by atoms with Crippen molar-refractivity contribution in [3.05, 3.63) is 70.4 Å². The molecule has 0 aliphatic carbocycles. The zero-order valence-corrected chi connectivity index (χ0v) is 16.9.